The number of sulfonamides is 1. The Morgan fingerprint density at radius 2 is 1.87 bits per heavy atom. The van der Waals surface area contributed by atoms with Gasteiger partial charge in [0, 0.05) is 11.9 Å². The average molecular weight is 256 g/mol. The Balaban J connectivity index is 3.86. The molecule has 0 aliphatic carbocycles. The van der Waals surface area contributed by atoms with Gasteiger partial charge in [-0.1, -0.05) is 20.8 Å². The molecular weight excluding hydrogens is 234 g/mol. The lowest BCUT2D eigenvalue weighted by molar-refractivity contribution is 0.457. The van der Waals surface area contributed by atoms with E-state index in [1.165, 1.54) is 0 Å². The van der Waals surface area contributed by atoms with Crippen LogP contribution in [0.3, 0.4) is 0 Å². The lowest BCUT2D eigenvalue weighted by atomic mass is 10.0. The molecule has 0 saturated heterocycles. The zero-order valence-electron chi connectivity index (χ0n) is 10.0. The Hall–Kier alpha value is 0.200. The fraction of sp³-hybridized carbons (Fsp3) is 1.00. The van der Waals surface area contributed by atoms with Crippen LogP contribution in [0.1, 0.15) is 40.5 Å². The number of hydrogen-bond acceptors (Lipinski definition) is 2. The lowest BCUT2D eigenvalue weighted by Gasteiger charge is -2.18. The van der Waals surface area contributed by atoms with Gasteiger partial charge >= 0.3 is 0 Å². The molecule has 1 atom stereocenters. The molecule has 1 N–H and O–H groups in total. The third-order valence-corrected chi connectivity index (χ3v) is 3.83. The van der Waals surface area contributed by atoms with Crippen LogP contribution in [0.2, 0.25) is 0 Å². The predicted molar refractivity (Wildman–Crippen MR) is 65.8 cm³/mol. The molecule has 0 bridgehead atoms. The van der Waals surface area contributed by atoms with Gasteiger partial charge in [-0.2, -0.15) is 0 Å². The van der Waals surface area contributed by atoms with Crippen LogP contribution in [0, 0.1) is 5.41 Å². The van der Waals surface area contributed by atoms with Crippen molar-refractivity contribution in [2.75, 3.05) is 12.3 Å². The second-order valence-corrected chi connectivity index (χ2v) is 7.69. The maximum absolute atomic E-state index is 11.5. The Morgan fingerprint density at radius 3 is 2.27 bits per heavy atom. The van der Waals surface area contributed by atoms with Gasteiger partial charge in [-0.25, -0.2) is 13.1 Å². The molecule has 0 saturated carbocycles. The van der Waals surface area contributed by atoms with Gasteiger partial charge in [0.25, 0.3) is 0 Å². The highest BCUT2D eigenvalue weighted by atomic mass is 35.5. The maximum atomic E-state index is 11.5. The van der Waals surface area contributed by atoms with Crippen molar-refractivity contribution >= 4 is 21.6 Å². The Labute approximate surface area is 98.6 Å². The van der Waals surface area contributed by atoms with Gasteiger partial charge in [-0.05, 0) is 25.2 Å². The average Bonchev–Trinajstić information content (AvgIpc) is 1.93. The van der Waals surface area contributed by atoms with Crippen LogP contribution in [0.25, 0.3) is 0 Å². The first kappa shape index (κ1) is 15.2. The molecule has 0 aromatic carbocycles. The summed E-state index contributed by atoms with van der Waals surface area (Å²) in [6.07, 6.45) is 1.62. The highest BCUT2D eigenvalue weighted by Crippen LogP contribution is 2.15. The smallest absolute Gasteiger partial charge is 0.212 e. The van der Waals surface area contributed by atoms with Gasteiger partial charge in [0.05, 0.1) is 5.75 Å². The summed E-state index contributed by atoms with van der Waals surface area (Å²) >= 11 is 5.76. The van der Waals surface area contributed by atoms with E-state index in [-0.39, 0.29) is 16.5 Å². The second kappa shape index (κ2) is 6.06. The number of rotatable bonds is 6. The van der Waals surface area contributed by atoms with E-state index >= 15 is 0 Å². The van der Waals surface area contributed by atoms with Crippen molar-refractivity contribution in [1.29, 1.82) is 0 Å². The summed E-state index contributed by atoms with van der Waals surface area (Å²) in [6.45, 7) is 8.12. The van der Waals surface area contributed by atoms with Gasteiger partial charge in [0.15, 0.2) is 0 Å². The minimum Gasteiger partial charge on any atom is -0.215 e. The molecule has 0 amide bonds. The van der Waals surface area contributed by atoms with Gasteiger partial charge in [-0.3, -0.25) is 0 Å². The number of nitrogens with one attached hydrogen (secondary N) is 1. The molecule has 0 rings (SSSR count). The molecule has 0 radical (unpaired) electrons. The fourth-order valence-electron chi connectivity index (χ4n) is 1.23. The predicted octanol–water partition coefficient (Wildman–Crippen LogP) is 2.36. The van der Waals surface area contributed by atoms with Crippen molar-refractivity contribution in [2.24, 2.45) is 5.41 Å². The van der Waals surface area contributed by atoms with Crippen molar-refractivity contribution in [3.63, 3.8) is 0 Å². The standard InChI is InChI=1S/C10H22ClNO2S/c1-9(11)6-5-7-12-15(13,14)8-10(2,3)4/h9,12H,5-8H2,1-4H3. The normalized spacial score (nSPS) is 15.3. The summed E-state index contributed by atoms with van der Waals surface area (Å²) in [4.78, 5) is 0. The van der Waals surface area contributed by atoms with Gasteiger partial charge in [-0.15, -0.1) is 11.6 Å². The number of hydrogen-bond donors (Lipinski definition) is 1. The van der Waals surface area contributed by atoms with Crippen LogP contribution in [0.15, 0.2) is 0 Å². The fourth-order valence-corrected chi connectivity index (χ4v) is 3.08. The van der Waals surface area contributed by atoms with Crippen molar-refractivity contribution in [3.8, 4) is 0 Å². The van der Waals surface area contributed by atoms with E-state index in [0.717, 1.165) is 12.8 Å². The molecule has 0 aliphatic rings. The van der Waals surface area contributed by atoms with Gasteiger partial charge < -0.3 is 0 Å². The molecule has 0 fully saturated rings. The molecule has 1 unspecified atom stereocenters. The van der Waals surface area contributed by atoms with Crippen molar-refractivity contribution in [2.45, 2.75) is 45.9 Å². The minimum absolute atomic E-state index is 0.108. The molecular formula is C10H22ClNO2S. The van der Waals surface area contributed by atoms with E-state index in [0.29, 0.717) is 6.54 Å². The lowest BCUT2D eigenvalue weighted by Crippen LogP contribution is -2.33. The second-order valence-electron chi connectivity index (χ2n) is 5.14. The highest BCUT2D eigenvalue weighted by molar-refractivity contribution is 7.89. The third-order valence-electron chi connectivity index (χ3n) is 1.72. The number of halogens is 1. The first-order chi connectivity index (χ1) is 6.62. The summed E-state index contributed by atoms with van der Waals surface area (Å²) in [5, 5.41) is 0.108. The van der Waals surface area contributed by atoms with Crippen LogP contribution in [-0.2, 0) is 10.0 Å². The molecule has 0 spiro atoms. The Morgan fingerprint density at radius 1 is 1.33 bits per heavy atom. The Bertz CT molecular complexity index is 268. The van der Waals surface area contributed by atoms with Crippen LogP contribution in [-0.4, -0.2) is 26.1 Å². The summed E-state index contributed by atoms with van der Waals surface area (Å²) in [5.41, 5.74) is -0.203. The molecule has 0 aromatic rings. The SMILES string of the molecule is CC(Cl)CCCNS(=O)(=O)CC(C)(C)C. The molecule has 15 heavy (non-hydrogen) atoms. The third kappa shape index (κ3) is 10.5. The minimum atomic E-state index is -3.13. The zero-order valence-corrected chi connectivity index (χ0v) is 11.6. The maximum Gasteiger partial charge on any atom is 0.212 e. The van der Waals surface area contributed by atoms with Crippen molar-refractivity contribution in [1.82, 2.24) is 4.72 Å². The van der Waals surface area contributed by atoms with Crippen LogP contribution >= 0.6 is 11.6 Å². The summed E-state index contributed by atoms with van der Waals surface area (Å²) < 4.78 is 25.7. The quantitative estimate of drug-likeness (QED) is 0.585. The molecule has 0 aliphatic heterocycles. The van der Waals surface area contributed by atoms with Crippen LogP contribution < -0.4 is 4.72 Å². The van der Waals surface area contributed by atoms with E-state index < -0.39 is 10.0 Å². The summed E-state index contributed by atoms with van der Waals surface area (Å²) in [7, 11) is -3.13. The Kier molecular flexibility index (Phi) is 6.14. The largest absolute Gasteiger partial charge is 0.215 e. The van der Waals surface area contributed by atoms with E-state index in [4.69, 9.17) is 11.6 Å². The van der Waals surface area contributed by atoms with Crippen LogP contribution in [0.4, 0.5) is 0 Å². The van der Waals surface area contributed by atoms with Gasteiger partial charge in [0.1, 0.15) is 0 Å². The van der Waals surface area contributed by atoms with Crippen LogP contribution in [0.5, 0.6) is 0 Å². The number of alkyl halides is 1. The first-order valence-corrected chi connectivity index (χ1v) is 7.33. The van der Waals surface area contributed by atoms with Crippen molar-refractivity contribution in [3.05, 3.63) is 0 Å². The zero-order chi connectivity index (χ0) is 12.1. The summed E-state index contributed by atoms with van der Waals surface area (Å²) in [5.74, 6) is 0.163. The van der Waals surface area contributed by atoms with E-state index in [1.54, 1.807) is 0 Å². The molecule has 0 aromatic heterocycles. The molecule has 3 nitrogen and oxygen atoms in total. The van der Waals surface area contributed by atoms with E-state index in [2.05, 4.69) is 4.72 Å². The van der Waals surface area contributed by atoms with Gasteiger partial charge in [0.2, 0.25) is 10.0 Å². The van der Waals surface area contributed by atoms with E-state index in [9.17, 15) is 8.42 Å². The molecule has 0 heterocycles. The monoisotopic (exact) mass is 255 g/mol. The highest BCUT2D eigenvalue weighted by Gasteiger charge is 2.20. The molecule has 5 heteroatoms. The first-order valence-electron chi connectivity index (χ1n) is 5.24. The topological polar surface area (TPSA) is 46.2 Å². The molecule has 92 valence electrons. The van der Waals surface area contributed by atoms with Crippen molar-refractivity contribution < 1.29 is 8.42 Å². The summed E-state index contributed by atoms with van der Waals surface area (Å²) in [6, 6.07) is 0. The van der Waals surface area contributed by atoms with E-state index in [1.807, 2.05) is 27.7 Å².